The largest absolute Gasteiger partial charge is 0.497 e. The normalized spacial score (nSPS) is 13.6. The average Bonchev–Trinajstić information content (AvgIpc) is 2.56. The molecule has 0 bridgehead atoms. The summed E-state index contributed by atoms with van der Waals surface area (Å²) >= 11 is 0. The number of aliphatic hydroxyl groups excluding tert-OH is 1. The zero-order valence-corrected chi connectivity index (χ0v) is 13.2. The van der Waals surface area contributed by atoms with E-state index >= 15 is 0 Å². The molecule has 118 valence electrons. The maximum atomic E-state index is 10.2. The molecule has 2 aromatic carbocycles. The third kappa shape index (κ3) is 5.17. The van der Waals surface area contributed by atoms with Crippen molar-refractivity contribution in [1.29, 1.82) is 0 Å². The predicted octanol–water partition coefficient (Wildman–Crippen LogP) is 3.45. The van der Waals surface area contributed by atoms with E-state index in [1.165, 1.54) is 5.56 Å². The van der Waals surface area contributed by atoms with Crippen LogP contribution in [0.15, 0.2) is 54.6 Å². The van der Waals surface area contributed by atoms with Crippen LogP contribution < -0.4 is 4.74 Å². The van der Waals surface area contributed by atoms with Crippen molar-refractivity contribution in [3.8, 4) is 5.75 Å². The first-order valence-electron chi connectivity index (χ1n) is 7.61. The van der Waals surface area contributed by atoms with Crippen molar-refractivity contribution < 1.29 is 14.6 Å². The van der Waals surface area contributed by atoms with E-state index in [9.17, 15) is 5.11 Å². The highest BCUT2D eigenvalue weighted by molar-refractivity contribution is 5.26. The number of methoxy groups -OCH3 is 1. The summed E-state index contributed by atoms with van der Waals surface area (Å²) in [6, 6.07) is 18.0. The molecular weight excluding hydrogens is 276 g/mol. The van der Waals surface area contributed by atoms with Crippen molar-refractivity contribution in [2.75, 3.05) is 13.7 Å². The first-order valence-corrected chi connectivity index (χ1v) is 7.61. The molecule has 0 aliphatic rings. The third-order valence-corrected chi connectivity index (χ3v) is 3.77. The van der Waals surface area contributed by atoms with Crippen LogP contribution in [0.2, 0.25) is 0 Å². The monoisotopic (exact) mass is 300 g/mol. The zero-order chi connectivity index (χ0) is 15.8. The van der Waals surface area contributed by atoms with Gasteiger partial charge in [-0.15, -0.1) is 0 Å². The van der Waals surface area contributed by atoms with Crippen LogP contribution in [0.3, 0.4) is 0 Å². The van der Waals surface area contributed by atoms with E-state index in [1.807, 2.05) is 42.5 Å². The zero-order valence-electron chi connectivity index (χ0n) is 13.2. The van der Waals surface area contributed by atoms with Gasteiger partial charge in [0.05, 0.1) is 26.4 Å². The molecule has 0 fully saturated rings. The van der Waals surface area contributed by atoms with Gasteiger partial charge in [0.15, 0.2) is 0 Å². The van der Waals surface area contributed by atoms with Gasteiger partial charge in [0.2, 0.25) is 0 Å². The lowest BCUT2D eigenvalue weighted by Gasteiger charge is -2.19. The number of ether oxygens (including phenoxy) is 2. The molecule has 0 saturated carbocycles. The molecule has 3 nitrogen and oxygen atoms in total. The van der Waals surface area contributed by atoms with Crippen LogP contribution in [-0.4, -0.2) is 24.9 Å². The molecule has 0 saturated heterocycles. The Balaban J connectivity index is 1.73. The Labute approximate surface area is 132 Å². The molecule has 0 spiro atoms. The van der Waals surface area contributed by atoms with E-state index < -0.39 is 6.10 Å². The van der Waals surface area contributed by atoms with Gasteiger partial charge in [-0.25, -0.2) is 0 Å². The smallest absolute Gasteiger partial charge is 0.118 e. The summed E-state index contributed by atoms with van der Waals surface area (Å²) in [4.78, 5) is 0. The van der Waals surface area contributed by atoms with E-state index in [1.54, 1.807) is 7.11 Å². The molecule has 2 aromatic rings. The van der Waals surface area contributed by atoms with Crippen LogP contribution in [0.1, 0.15) is 18.1 Å². The molecule has 0 aromatic heterocycles. The van der Waals surface area contributed by atoms with E-state index in [0.29, 0.717) is 13.2 Å². The number of benzene rings is 2. The molecule has 2 atom stereocenters. The Morgan fingerprint density at radius 1 is 0.955 bits per heavy atom. The third-order valence-electron chi connectivity index (χ3n) is 3.77. The lowest BCUT2D eigenvalue weighted by atomic mass is 9.96. The molecule has 0 aliphatic carbocycles. The lowest BCUT2D eigenvalue weighted by molar-refractivity contribution is 0.00220. The first-order chi connectivity index (χ1) is 10.7. The minimum absolute atomic E-state index is 0.165. The van der Waals surface area contributed by atoms with Gasteiger partial charge in [-0.3, -0.25) is 0 Å². The van der Waals surface area contributed by atoms with Crippen LogP contribution in [0.4, 0.5) is 0 Å². The molecule has 1 N–H and O–H groups in total. The van der Waals surface area contributed by atoms with E-state index in [0.717, 1.165) is 17.7 Å². The van der Waals surface area contributed by atoms with Crippen molar-refractivity contribution >= 4 is 0 Å². The molecule has 3 heteroatoms. The average molecular weight is 300 g/mol. The van der Waals surface area contributed by atoms with Crippen molar-refractivity contribution in [3.05, 3.63) is 65.7 Å². The molecule has 0 radical (unpaired) electrons. The Morgan fingerprint density at radius 2 is 1.64 bits per heavy atom. The topological polar surface area (TPSA) is 38.7 Å². The summed E-state index contributed by atoms with van der Waals surface area (Å²) in [5.41, 5.74) is 2.31. The van der Waals surface area contributed by atoms with Crippen LogP contribution in [-0.2, 0) is 17.8 Å². The molecule has 2 rings (SSSR count). The first kappa shape index (κ1) is 16.5. The highest BCUT2D eigenvalue weighted by atomic mass is 16.5. The van der Waals surface area contributed by atoms with Gasteiger partial charge in [0.25, 0.3) is 0 Å². The molecule has 0 heterocycles. The second kappa shape index (κ2) is 8.57. The maximum absolute atomic E-state index is 10.2. The fourth-order valence-electron chi connectivity index (χ4n) is 2.31. The minimum atomic E-state index is -0.460. The summed E-state index contributed by atoms with van der Waals surface area (Å²) in [6.07, 6.45) is 0.395. The van der Waals surface area contributed by atoms with Crippen LogP contribution >= 0.6 is 0 Å². The number of hydrogen-bond acceptors (Lipinski definition) is 3. The number of hydrogen-bond donors (Lipinski definition) is 1. The van der Waals surface area contributed by atoms with E-state index in [-0.39, 0.29) is 5.92 Å². The number of aliphatic hydroxyl groups is 1. The second-order valence-electron chi connectivity index (χ2n) is 5.60. The number of rotatable bonds is 8. The van der Waals surface area contributed by atoms with E-state index in [2.05, 4.69) is 19.1 Å². The summed E-state index contributed by atoms with van der Waals surface area (Å²) in [6.45, 7) is 2.90. The van der Waals surface area contributed by atoms with Gasteiger partial charge in [0, 0.05) is 0 Å². The van der Waals surface area contributed by atoms with Crippen molar-refractivity contribution in [3.63, 3.8) is 0 Å². The molecular formula is C19H24O3. The van der Waals surface area contributed by atoms with Crippen LogP contribution in [0, 0.1) is 5.92 Å². The fraction of sp³-hybridized carbons (Fsp3) is 0.368. The minimum Gasteiger partial charge on any atom is -0.497 e. The Hall–Kier alpha value is -1.84. The highest BCUT2D eigenvalue weighted by Gasteiger charge is 2.15. The van der Waals surface area contributed by atoms with Gasteiger partial charge in [0.1, 0.15) is 5.75 Å². The van der Waals surface area contributed by atoms with Crippen LogP contribution in [0.5, 0.6) is 5.75 Å². The van der Waals surface area contributed by atoms with E-state index in [4.69, 9.17) is 9.47 Å². The summed E-state index contributed by atoms with van der Waals surface area (Å²) in [5, 5.41) is 10.2. The van der Waals surface area contributed by atoms with Gasteiger partial charge in [-0.05, 0) is 35.6 Å². The fourth-order valence-corrected chi connectivity index (χ4v) is 2.31. The highest BCUT2D eigenvalue weighted by Crippen LogP contribution is 2.14. The van der Waals surface area contributed by atoms with Gasteiger partial charge in [-0.2, -0.15) is 0 Å². The van der Waals surface area contributed by atoms with Gasteiger partial charge >= 0.3 is 0 Å². The van der Waals surface area contributed by atoms with Crippen molar-refractivity contribution in [2.24, 2.45) is 5.92 Å². The van der Waals surface area contributed by atoms with Gasteiger partial charge in [-0.1, -0.05) is 49.4 Å². The predicted molar refractivity (Wildman–Crippen MR) is 88.0 cm³/mol. The molecule has 0 amide bonds. The molecule has 0 unspecified atom stereocenters. The SMILES string of the molecule is COc1ccc(COC[C@@H](O)[C@H](C)Cc2ccccc2)cc1. The van der Waals surface area contributed by atoms with Crippen molar-refractivity contribution in [2.45, 2.75) is 26.1 Å². The second-order valence-corrected chi connectivity index (χ2v) is 5.60. The van der Waals surface area contributed by atoms with Gasteiger partial charge < -0.3 is 14.6 Å². The Kier molecular flexibility index (Phi) is 6.44. The van der Waals surface area contributed by atoms with Crippen molar-refractivity contribution in [1.82, 2.24) is 0 Å². The summed E-state index contributed by atoms with van der Waals surface area (Å²) < 4.78 is 10.7. The summed E-state index contributed by atoms with van der Waals surface area (Å²) in [7, 11) is 1.65. The summed E-state index contributed by atoms with van der Waals surface area (Å²) in [5.74, 6) is 0.999. The quantitative estimate of drug-likeness (QED) is 0.811. The standard InChI is InChI=1S/C19H24O3/c1-15(12-16-6-4-3-5-7-16)19(20)14-22-13-17-8-10-18(21-2)11-9-17/h3-11,15,19-20H,12-14H2,1-2H3/t15-,19-/m1/s1. The molecule has 0 aliphatic heterocycles. The van der Waals surface area contributed by atoms with Crippen LogP contribution in [0.25, 0.3) is 0 Å². The Bertz CT molecular complexity index is 536. The lowest BCUT2D eigenvalue weighted by Crippen LogP contribution is -2.25. The molecule has 22 heavy (non-hydrogen) atoms. The Morgan fingerprint density at radius 3 is 2.27 bits per heavy atom. The maximum Gasteiger partial charge on any atom is 0.118 e.